The molecule has 1 amide bonds. The fourth-order valence-electron chi connectivity index (χ4n) is 2.81. The summed E-state index contributed by atoms with van der Waals surface area (Å²) in [5, 5.41) is 10.3. The van der Waals surface area contributed by atoms with Gasteiger partial charge in [0, 0.05) is 20.6 Å². The number of ether oxygens (including phenoxy) is 3. The van der Waals surface area contributed by atoms with Gasteiger partial charge in [0.15, 0.2) is 0 Å². The average Bonchev–Trinajstić information content (AvgIpc) is 2.59. The molecule has 23 heavy (non-hydrogen) atoms. The van der Waals surface area contributed by atoms with E-state index in [1.807, 2.05) is 24.3 Å². The zero-order chi connectivity index (χ0) is 16.8. The van der Waals surface area contributed by atoms with Crippen LogP contribution in [0, 0.1) is 0 Å². The van der Waals surface area contributed by atoms with Gasteiger partial charge in [-0.2, -0.15) is 0 Å². The maximum atomic E-state index is 12.4. The Hall–Kier alpha value is -1.63. The lowest BCUT2D eigenvalue weighted by Crippen LogP contribution is -2.56. The highest BCUT2D eigenvalue weighted by molar-refractivity contribution is 5.76. The van der Waals surface area contributed by atoms with E-state index in [0.717, 1.165) is 11.3 Å². The van der Waals surface area contributed by atoms with Crippen molar-refractivity contribution in [1.29, 1.82) is 0 Å². The summed E-state index contributed by atoms with van der Waals surface area (Å²) in [6.07, 6.45) is -0.213. The van der Waals surface area contributed by atoms with Crippen LogP contribution in [0.5, 0.6) is 5.75 Å². The minimum Gasteiger partial charge on any atom is -0.496 e. The van der Waals surface area contributed by atoms with Crippen LogP contribution in [-0.2, 0) is 20.7 Å². The first-order valence-corrected chi connectivity index (χ1v) is 7.74. The van der Waals surface area contributed by atoms with Gasteiger partial charge in [-0.1, -0.05) is 18.2 Å². The van der Waals surface area contributed by atoms with E-state index >= 15 is 0 Å². The highest BCUT2D eigenvalue weighted by Crippen LogP contribution is 2.21. The van der Waals surface area contributed by atoms with Gasteiger partial charge < -0.3 is 24.2 Å². The van der Waals surface area contributed by atoms with Crippen LogP contribution in [0.25, 0.3) is 0 Å². The van der Waals surface area contributed by atoms with Gasteiger partial charge >= 0.3 is 0 Å². The molecule has 6 heteroatoms. The number of methoxy groups -OCH3 is 2. The Bertz CT molecular complexity index is 521. The predicted octanol–water partition coefficient (Wildman–Crippen LogP) is 0.861. The summed E-state index contributed by atoms with van der Waals surface area (Å²) in [6, 6.07) is 7.26. The second kappa shape index (κ2) is 8.29. The summed E-state index contributed by atoms with van der Waals surface area (Å²) in [7, 11) is 4.84. The standard InChI is InChI=1S/C17H25NO5/c1-18(13-10-23-11-15(22-3)17(13)20)16(19)9-8-12-6-4-5-7-14(12)21-2/h4-7,13,15,17,20H,8-11H2,1-3H3/t13-,15-,17+/m1/s1. The third kappa shape index (κ3) is 4.22. The van der Waals surface area contributed by atoms with Crippen molar-refractivity contribution in [2.75, 3.05) is 34.5 Å². The number of benzene rings is 1. The molecule has 1 N–H and O–H groups in total. The van der Waals surface area contributed by atoms with Crippen LogP contribution in [0.4, 0.5) is 0 Å². The first kappa shape index (κ1) is 17.7. The van der Waals surface area contributed by atoms with E-state index in [4.69, 9.17) is 14.2 Å². The van der Waals surface area contributed by atoms with Gasteiger partial charge in [-0.3, -0.25) is 4.79 Å². The fraction of sp³-hybridized carbons (Fsp3) is 0.588. The van der Waals surface area contributed by atoms with E-state index < -0.39 is 12.2 Å². The molecular weight excluding hydrogens is 298 g/mol. The summed E-state index contributed by atoms with van der Waals surface area (Å²) >= 11 is 0. The van der Waals surface area contributed by atoms with E-state index in [1.54, 1.807) is 19.1 Å². The minimum atomic E-state index is -0.742. The lowest BCUT2D eigenvalue weighted by molar-refractivity contribution is -0.158. The molecule has 0 unspecified atom stereocenters. The maximum Gasteiger partial charge on any atom is 0.223 e. The van der Waals surface area contributed by atoms with Crippen molar-refractivity contribution in [3.8, 4) is 5.75 Å². The second-order valence-electron chi connectivity index (χ2n) is 5.69. The number of likely N-dealkylation sites (N-methyl/N-ethyl adjacent to an activating group) is 1. The molecule has 0 aliphatic carbocycles. The number of rotatable bonds is 6. The zero-order valence-electron chi connectivity index (χ0n) is 13.9. The molecule has 2 rings (SSSR count). The second-order valence-corrected chi connectivity index (χ2v) is 5.69. The Balaban J connectivity index is 1.94. The van der Waals surface area contributed by atoms with E-state index in [0.29, 0.717) is 26.1 Å². The number of nitrogens with zero attached hydrogens (tertiary/aromatic N) is 1. The topological polar surface area (TPSA) is 68.2 Å². The van der Waals surface area contributed by atoms with Crippen molar-refractivity contribution in [3.63, 3.8) is 0 Å². The smallest absolute Gasteiger partial charge is 0.223 e. The normalized spacial score (nSPS) is 24.3. The van der Waals surface area contributed by atoms with E-state index in [-0.39, 0.29) is 11.9 Å². The van der Waals surface area contributed by atoms with E-state index in [2.05, 4.69) is 0 Å². The number of para-hydroxylation sites is 1. The zero-order valence-corrected chi connectivity index (χ0v) is 13.9. The number of hydrogen-bond donors (Lipinski definition) is 1. The van der Waals surface area contributed by atoms with Crippen molar-refractivity contribution in [2.45, 2.75) is 31.1 Å². The average molecular weight is 323 g/mol. The molecule has 1 aliphatic heterocycles. The van der Waals surface area contributed by atoms with Gasteiger partial charge in [0.05, 0.1) is 26.4 Å². The summed E-state index contributed by atoms with van der Waals surface area (Å²) in [4.78, 5) is 14.0. The van der Waals surface area contributed by atoms with E-state index in [1.165, 1.54) is 7.11 Å². The van der Waals surface area contributed by atoms with Gasteiger partial charge in [-0.25, -0.2) is 0 Å². The van der Waals surface area contributed by atoms with Crippen LogP contribution >= 0.6 is 0 Å². The van der Waals surface area contributed by atoms with Crippen molar-refractivity contribution < 1.29 is 24.1 Å². The van der Waals surface area contributed by atoms with Gasteiger partial charge in [0.1, 0.15) is 18.0 Å². The quantitative estimate of drug-likeness (QED) is 0.841. The van der Waals surface area contributed by atoms with Gasteiger partial charge in [0.25, 0.3) is 0 Å². The summed E-state index contributed by atoms with van der Waals surface area (Å²) in [6.45, 7) is 0.662. The largest absolute Gasteiger partial charge is 0.496 e. The number of carbonyl (C=O) groups is 1. The Morgan fingerprint density at radius 3 is 2.78 bits per heavy atom. The first-order valence-electron chi connectivity index (χ1n) is 7.74. The Morgan fingerprint density at radius 1 is 1.35 bits per heavy atom. The third-order valence-electron chi connectivity index (χ3n) is 4.34. The highest BCUT2D eigenvalue weighted by atomic mass is 16.5. The number of hydrogen-bond acceptors (Lipinski definition) is 5. The van der Waals surface area contributed by atoms with Gasteiger partial charge in [0.2, 0.25) is 5.91 Å². The molecule has 1 aliphatic rings. The molecule has 1 aromatic carbocycles. The minimum absolute atomic E-state index is 0.0414. The number of aliphatic hydroxyl groups is 1. The van der Waals surface area contributed by atoms with Crippen molar-refractivity contribution in [1.82, 2.24) is 4.90 Å². The molecule has 1 saturated heterocycles. The first-order chi connectivity index (χ1) is 11.1. The third-order valence-corrected chi connectivity index (χ3v) is 4.34. The number of amides is 1. The van der Waals surface area contributed by atoms with Crippen molar-refractivity contribution in [3.05, 3.63) is 29.8 Å². The molecule has 0 bridgehead atoms. The SMILES string of the molecule is COc1ccccc1CCC(=O)N(C)[C@@H]1COC[C@@H](OC)[C@H]1O. The van der Waals surface area contributed by atoms with E-state index in [9.17, 15) is 9.90 Å². The molecule has 6 nitrogen and oxygen atoms in total. The molecule has 1 aromatic rings. The Labute approximate surface area is 136 Å². The number of aryl methyl sites for hydroxylation is 1. The molecule has 1 fully saturated rings. The summed E-state index contributed by atoms with van der Waals surface area (Å²) in [5.41, 5.74) is 0.993. The number of aliphatic hydroxyl groups excluding tert-OH is 1. The van der Waals surface area contributed by atoms with Gasteiger partial charge in [-0.05, 0) is 18.1 Å². The highest BCUT2D eigenvalue weighted by Gasteiger charge is 2.36. The Morgan fingerprint density at radius 2 is 2.09 bits per heavy atom. The molecule has 0 saturated carbocycles. The van der Waals surface area contributed by atoms with Crippen LogP contribution < -0.4 is 4.74 Å². The van der Waals surface area contributed by atoms with Crippen LogP contribution in [0.15, 0.2) is 24.3 Å². The lowest BCUT2D eigenvalue weighted by Gasteiger charge is -2.38. The molecule has 0 aromatic heterocycles. The molecule has 128 valence electrons. The number of carbonyl (C=O) groups excluding carboxylic acids is 1. The van der Waals surface area contributed by atoms with Crippen LogP contribution in [0.2, 0.25) is 0 Å². The molecule has 0 spiro atoms. The molecular formula is C17H25NO5. The molecule has 3 atom stereocenters. The maximum absolute atomic E-state index is 12.4. The summed E-state index contributed by atoms with van der Waals surface area (Å²) in [5.74, 6) is 0.740. The monoisotopic (exact) mass is 323 g/mol. The van der Waals surface area contributed by atoms with Crippen molar-refractivity contribution in [2.24, 2.45) is 0 Å². The van der Waals surface area contributed by atoms with Crippen LogP contribution in [-0.4, -0.2) is 68.6 Å². The molecule has 1 heterocycles. The fourth-order valence-corrected chi connectivity index (χ4v) is 2.81. The van der Waals surface area contributed by atoms with Crippen LogP contribution in [0.3, 0.4) is 0 Å². The van der Waals surface area contributed by atoms with Crippen LogP contribution in [0.1, 0.15) is 12.0 Å². The summed E-state index contributed by atoms with van der Waals surface area (Å²) < 4.78 is 15.9. The lowest BCUT2D eigenvalue weighted by atomic mass is 10.0. The molecule has 0 radical (unpaired) electrons. The predicted molar refractivity (Wildman–Crippen MR) is 85.5 cm³/mol. The van der Waals surface area contributed by atoms with Gasteiger partial charge in [-0.15, -0.1) is 0 Å². The Kier molecular flexibility index (Phi) is 6.38. The van der Waals surface area contributed by atoms with Crippen molar-refractivity contribution >= 4 is 5.91 Å².